The van der Waals surface area contributed by atoms with Gasteiger partial charge in [0.2, 0.25) is 0 Å². The second kappa shape index (κ2) is 15.0. The van der Waals surface area contributed by atoms with E-state index in [-0.39, 0.29) is 42.5 Å². The van der Waals surface area contributed by atoms with E-state index in [9.17, 15) is 23.1 Å². The average Bonchev–Trinajstić information content (AvgIpc) is 3.02. The number of hydrogen-bond donors (Lipinski definition) is 1. The third-order valence-corrected chi connectivity index (χ3v) is 9.12. The zero-order chi connectivity index (χ0) is 37.6. The molecule has 2 N–H and O–H groups in total. The van der Waals surface area contributed by atoms with Crippen molar-refractivity contribution in [1.82, 2.24) is 4.98 Å². The minimum Gasteiger partial charge on any atom is -0.511 e. The fraction of sp³-hybridized carbons (Fsp3) is 0.289. The average molecular weight is 882 g/mol. The molecule has 0 spiro atoms. The molecule has 1 radical (unpaired) electrons. The Morgan fingerprint density at radius 2 is 1.27 bits per heavy atom. The van der Waals surface area contributed by atoms with E-state index in [1.54, 1.807) is 13.8 Å². The topological polar surface area (TPSA) is 54.5 Å². The van der Waals surface area contributed by atoms with Crippen LogP contribution in [0.5, 0.6) is 0 Å². The predicted octanol–water partition coefficient (Wildman–Crippen LogP) is 13.0. The molecule has 6 aromatic rings. The fourth-order valence-electron chi connectivity index (χ4n) is 6.35. The molecular weight excluding hydrogens is 836 g/mol. The molecule has 0 bridgehead atoms. The zero-order valence-electron chi connectivity index (χ0n) is 31.4. The van der Waals surface area contributed by atoms with Crippen LogP contribution in [0, 0.1) is 44.6 Å². The van der Waals surface area contributed by atoms with Gasteiger partial charge in [0, 0.05) is 31.7 Å². The first-order valence-electron chi connectivity index (χ1n) is 17.1. The van der Waals surface area contributed by atoms with E-state index in [1.807, 2.05) is 60.7 Å². The van der Waals surface area contributed by atoms with E-state index in [1.165, 1.54) is 23.8 Å². The summed E-state index contributed by atoms with van der Waals surface area (Å²) in [5, 5.41) is 16.2. The second-order valence-corrected chi connectivity index (χ2v) is 15.6. The van der Waals surface area contributed by atoms with Crippen molar-refractivity contribution in [3.05, 3.63) is 125 Å². The molecule has 6 rings (SSSR count). The molecule has 3 nitrogen and oxygen atoms in total. The van der Waals surface area contributed by atoms with Gasteiger partial charge in [0.05, 0.1) is 17.1 Å². The number of aliphatic hydroxyl groups is 1. The maximum Gasteiger partial charge on any atom is 0.416 e. The molecule has 1 aromatic heterocycles. The predicted molar refractivity (Wildman–Crippen MR) is 207 cm³/mol. The number of benzene rings is 5. The van der Waals surface area contributed by atoms with E-state index in [2.05, 4.69) is 67.6 Å². The Morgan fingerprint density at radius 3 is 1.85 bits per heavy atom. The summed E-state index contributed by atoms with van der Waals surface area (Å²) in [6.45, 7) is 19.0. The van der Waals surface area contributed by atoms with Crippen molar-refractivity contribution in [2.75, 3.05) is 0 Å². The van der Waals surface area contributed by atoms with Crippen LogP contribution in [0.2, 0.25) is 0 Å². The minimum atomic E-state index is -4.36. The Balaban J connectivity index is 0.000000372. The van der Waals surface area contributed by atoms with Gasteiger partial charge in [0.1, 0.15) is 5.76 Å². The van der Waals surface area contributed by atoms with Crippen molar-refractivity contribution < 1.29 is 43.2 Å². The minimum absolute atomic E-state index is 0. The Morgan fingerprint density at radius 1 is 0.712 bits per heavy atom. The summed E-state index contributed by atoms with van der Waals surface area (Å²) >= 11 is 0. The van der Waals surface area contributed by atoms with Crippen LogP contribution < -0.4 is 0 Å². The number of ketones is 1. The number of aromatic nitrogens is 1. The number of pyridine rings is 1. The van der Waals surface area contributed by atoms with Crippen LogP contribution >= 0.6 is 0 Å². The molecule has 0 unspecified atom stereocenters. The Hall–Kier alpha value is -4.32. The smallest absolute Gasteiger partial charge is 0.416 e. The van der Waals surface area contributed by atoms with Gasteiger partial charge in [-0.05, 0) is 119 Å². The number of carbonyl (C=O) groups excluding carboxylic acids is 1. The number of rotatable bonds is 3. The number of halogens is 3. The molecule has 0 aliphatic heterocycles. The Kier molecular flexibility index (Phi) is 11.6. The molecule has 0 aliphatic rings. The number of hydrogen-bond acceptors (Lipinski definition) is 2. The van der Waals surface area contributed by atoms with Crippen LogP contribution in [0.3, 0.4) is 0 Å². The third-order valence-electron chi connectivity index (χ3n) is 9.12. The van der Waals surface area contributed by atoms with Crippen LogP contribution in [0.1, 0.15) is 69.4 Å². The first kappa shape index (κ1) is 40.4. The summed E-state index contributed by atoms with van der Waals surface area (Å²) in [7, 11) is 0. The van der Waals surface area contributed by atoms with Gasteiger partial charge >= 0.3 is 12.0 Å². The molecule has 273 valence electrons. The van der Waals surface area contributed by atoms with Crippen LogP contribution in [0.4, 0.5) is 13.2 Å². The van der Waals surface area contributed by atoms with E-state index >= 15 is 0 Å². The third kappa shape index (κ3) is 8.65. The van der Waals surface area contributed by atoms with Crippen molar-refractivity contribution in [2.24, 2.45) is 10.8 Å². The summed E-state index contributed by atoms with van der Waals surface area (Å²) in [6.07, 6.45) is -1.06. The second-order valence-electron chi connectivity index (χ2n) is 15.6. The maximum atomic E-state index is 13.3. The first-order chi connectivity index (χ1) is 23.6. The van der Waals surface area contributed by atoms with Crippen molar-refractivity contribution in [3.8, 4) is 22.4 Å². The van der Waals surface area contributed by atoms with E-state index in [0.29, 0.717) is 11.1 Å². The van der Waals surface area contributed by atoms with Crippen LogP contribution in [-0.2, 0) is 26.3 Å². The molecule has 0 amide bonds. The van der Waals surface area contributed by atoms with Crippen LogP contribution in [0.25, 0.3) is 54.7 Å². The van der Waals surface area contributed by atoms with Crippen LogP contribution in [0.15, 0.2) is 90.8 Å². The van der Waals surface area contributed by atoms with Gasteiger partial charge in [0.15, 0.2) is 0 Å². The van der Waals surface area contributed by atoms with Gasteiger partial charge in [-0.25, -0.2) is 0 Å². The van der Waals surface area contributed by atoms with Gasteiger partial charge in [-0.2, -0.15) is 13.2 Å². The summed E-state index contributed by atoms with van der Waals surface area (Å²) in [4.78, 5) is 14.3. The summed E-state index contributed by atoms with van der Waals surface area (Å²) in [5.41, 5.74) is 5.94. The molecule has 0 saturated heterocycles. The molecular formula is C45H46F3IrNO2. The summed E-state index contributed by atoms with van der Waals surface area (Å²) in [6, 6.07) is 26.9. The molecule has 0 saturated carbocycles. The van der Waals surface area contributed by atoms with E-state index < -0.39 is 11.7 Å². The Bertz CT molecular complexity index is 2300. The molecule has 7 heteroatoms. The number of alkyl halides is 3. The van der Waals surface area contributed by atoms with E-state index in [0.717, 1.165) is 60.3 Å². The monoisotopic (exact) mass is 882 g/mol. The molecule has 1 heterocycles. The normalized spacial score (nSPS) is 12.4. The van der Waals surface area contributed by atoms with Crippen molar-refractivity contribution in [1.29, 1.82) is 0 Å². The molecule has 0 fully saturated rings. The van der Waals surface area contributed by atoms with Gasteiger partial charge in [-0.3, -0.25) is 4.79 Å². The first-order valence-corrected chi connectivity index (χ1v) is 17.1. The van der Waals surface area contributed by atoms with Gasteiger partial charge in [-0.15, -0.1) is 34.9 Å². The molecule has 0 aliphatic carbocycles. The SMILES string of the molecule is CC(C)(C)C(=[OH+])/C=C(\O)C(C)(C)C.Cc1[c-]c(-c2nccc3c2ccc2c4ccc(-c5c(C)cc(C(F)(F)F)cc5C)cc4ccc32)cc(C)c1.[Ir]. The quantitative estimate of drug-likeness (QED) is 0.0633. The van der Waals surface area contributed by atoms with Crippen molar-refractivity contribution >= 4 is 38.1 Å². The van der Waals surface area contributed by atoms with Crippen LogP contribution in [-0.4, -0.2) is 20.7 Å². The zero-order valence-corrected chi connectivity index (χ0v) is 33.8. The number of aliphatic hydroxyl groups excluding tert-OH is 1. The standard InChI is InChI=1S/C34H25F3N.C11H20O2.Ir/c1-19-13-20(2)15-25(14-19)33-31-10-9-28-27-7-6-24(18-23(27)5-8-29(28)30(31)11-12-38-33)32-21(3)16-26(17-22(32)4)34(35,36)37;1-10(2,3)8(12)7-9(13)11(4,5)6;/h5-14,16-18H,1-4H3;7,12H,1-6H3;/q-1;;/p+1/b;8-7-;. The van der Waals surface area contributed by atoms with E-state index in [4.69, 9.17) is 4.98 Å². The number of aryl methyl sites for hydroxylation is 4. The van der Waals surface area contributed by atoms with Crippen molar-refractivity contribution in [3.63, 3.8) is 0 Å². The van der Waals surface area contributed by atoms with Crippen molar-refractivity contribution in [2.45, 2.75) is 75.4 Å². The molecule has 52 heavy (non-hydrogen) atoms. The molecule has 5 aromatic carbocycles. The maximum absolute atomic E-state index is 13.3. The van der Waals surface area contributed by atoms with Gasteiger partial charge in [-0.1, -0.05) is 71.0 Å². The van der Waals surface area contributed by atoms with Gasteiger partial charge in [0.25, 0.3) is 0 Å². The number of fused-ring (bicyclic) bond motifs is 5. The Labute approximate surface area is 318 Å². The largest absolute Gasteiger partial charge is 0.511 e. The fourth-order valence-corrected chi connectivity index (χ4v) is 6.35. The van der Waals surface area contributed by atoms with Gasteiger partial charge < -0.3 is 10.1 Å². The number of allylic oxidation sites excluding steroid dienone is 2. The number of nitrogens with zero attached hydrogens (tertiary/aromatic N) is 1. The molecule has 0 atom stereocenters. The summed E-state index contributed by atoms with van der Waals surface area (Å²) < 4.78 is 39.9. The summed E-state index contributed by atoms with van der Waals surface area (Å²) in [5.74, 6) is 0.417.